The van der Waals surface area contributed by atoms with Gasteiger partial charge in [0.25, 0.3) is 10.0 Å². The molecule has 3 rings (SSSR count). The molecule has 0 aliphatic rings. The molecule has 0 unspecified atom stereocenters. The average Bonchev–Trinajstić information content (AvgIpc) is 3.01. The first-order valence-corrected chi connectivity index (χ1v) is 14.6. The largest absolute Gasteiger partial charge is 0.497 e. The Morgan fingerprint density at radius 2 is 1.48 bits per heavy atom. The molecule has 0 bridgehead atoms. The third-order valence-electron chi connectivity index (χ3n) is 6.59. The molecule has 3 aromatic rings. The number of hydrogen-bond donors (Lipinski definition) is 1. The number of rotatable bonds is 14. The molecule has 0 spiro atoms. The van der Waals surface area contributed by atoms with Gasteiger partial charge in [-0.15, -0.1) is 0 Å². The molecule has 0 aromatic heterocycles. The fraction of sp³-hybridized carbons (Fsp3) is 0.333. The molecule has 1 atom stereocenters. The van der Waals surface area contributed by atoms with Crippen molar-refractivity contribution >= 4 is 27.5 Å². The average molecular weight is 600 g/mol. The molecule has 0 radical (unpaired) electrons. The predicted octanol–water partition coefficient (Wildman–Crippen LogP) is 3.47. The van der Waals surface area contributed by atoms with E-state index in [-0.39, 0.29) is 34.5 Å². The van der Waals surface area contributed by atoms with Gasteiger partial charge >= 0.3 is 0 Å². The summed E-state index contributed by atoms with van der Waals surface area (Å²) in [7, 11) is 1.26. The molecule has 0 aliphatic heterocycles. The van der Waals surface area contributed by atoms with Crippen molar-refractivity contribution in [3.8, 4) is 23.0 Å². The van der Waals surface area contributed by atoms with Crippen LogP contribution in [-0.2, 0) is 26.2 Å². The third-order valence-corrected chi connectivity index (χ3v) is 8.35. The van der Waals surface area contributed by atoms with Crippen molar-refractivity contribution < 1.29 is 37.0 Å². The van der Waals surface area contributed by atoms with Gasteiger partial charge in [0.2, 0.25) is 11.8 Å². The van der Waals surface area contributed by atoms with Crippen LogP contribution in [0.5, 0.6) is 23.0 Å². The van der Waals surface area contributed by atoms with Gasteiger partial charge in [-0.05, 0) is 43.7 Å². The molecule has 0 saturated heterocycles. The molecule has 11 nitrogen and oxygen atoms in total. The highest BCUT2D eigenvalue weighted by molar-refractivity contribution is 7.92. The van der Waals surface area contributed by atoms with Crippen LogP contribution in [0.1, 0.15) is 19.4 Å². The minimum atomic E-state index is -4.41. The maximum Gasteiger partial charge on any atom is 0.265 e. The Hall–Kier alpha value is -4.45. The third kappa shape index (κ3) is 7.24. The SMILES string of the molecule is CCNC(=O)[C@H](C)N(Cc1ccccc1)C(=O)CN(c1cc(OC)ccc1OC)S(=O)(=O)c1ccc(OC)c(OC)c1. The second-order valence-electron chi connectivity index (χ2n) is 9.14. The second-order valence-corrected chi connectivity index (χ2v) is 11.0. The minimum Gasteiger partial charge on any atom is -0.497 e. The zero-order valence-corrected chi connectivity index (χ0v) is 25.4. The molecular formula is C30H37N3O8S. The van der Waals surface area contributed by atoms with Crippen LogP contribution >= 0.6 is 0 Å². The topological polar surface area (TPSA) is 124 Å². The number of nitrogens with zero attached hydrogens (tertiary/aromatic N) is 2. The first-order chi connectivity index (χ1) is 20.1. The van der Waals surface area contributed by atoms with E-state index in [2.05, 4.69) is 5.32 Å². The number of likely N-dealkylation sites (N-methyl/N-ethyl adjacent to an activating group) is 1. The quantitative estimate of drug-likeness (QED) is 0.299. The number of carbonyl (C=O) groups excluding carboxylic acids is 2. The second kappa shape index (κ2) is 14.4. The molecule has 42 heavy (non-hydrogen) atoms. The highest BCUT2D eigenvalue weighted by atomic mass is 32.2. The molecule has 0 heterocycles. The van der Waals surface area contributed by atoms with Gasteiger partial charge in [0.05, 0.1) is 39.0 Å². The van der Waals surface area contributed by atoms with Crippen molar-refractivity contribution in [2.75, 3.05) is 45.8 Å². The maximum atomic E-state index is 14.3. The molecule has 3 aromatic carbocycles. The van der Waals surface area contributed by atoms with Gasteiger partial charge in [-0.1, -0.05) is 30.3 Å². The Kier molecular flexibility index (Phi) is 11.0. The summed E-state index contributed by atoms with van der Waals surface area (Å²) in [5.41, 5.74) is 0.848. The van der Waals surface area contributed by atoms with Gasteiger partial charge < -0.3 is 29.2 Å². The summed E-state index contributed by atoms with van der Waals surface area (Å²) in [6, 6.07) is 17.0. The number of sulfonamides is 1. The van der Waals surface area contributed by atoms with Crippen LogP contribution in [0.4, 0.5) is 5.69 Å². The first kappa shape index (κ1) is 32.1. The number of anilines is 1. The lowest BCUT2D eigenvalue weighted by atomic mass is 10.1. The van der Waals surface area contributed by atoms with Gasteiger partial charge in [-0.25, -0.2) is 8.42 Å². The van der Waals surface area contributed by atoms with Crippen LogP contribution in [-0.4, -0.2) is 72.7 Å². The van der Waals surface area contributed by atoms with E-state index in [0.29, 0.717) is 18.0 Å². The van der Waals surface area contributed by atoms with Gasteiger partial charge in [-0.3, -0.25) is 13.9 Å². The van der Waals surface area contributed by atoms with Crippen molar-refractivity contribution in [2.24, 2.45) is 0 Å². The van der Waals surface area contributed by atoms with Crippen molar-refractivity contribution in [2.45, 2.75) is 31.3 Å². The molecule has 0 fully saturated rings. The van der Waals surface area contributed by atoms with Crippen LogP contribution in [0, 0.1) is 0 Å². The molecule has 226 valence electrons. The number of amides is 2. The van der Waals surface area contributed by atoms with Gasteiger partial charge in [0, 0.05) is 25.2 Å². The van der Waals surface area contributed by atoms with Crippen LogP contribution in [0.3, 0.4) is 0 Å². The summed E-state index contributed by atoms with van der Waals surface area (Å²) in [4.78, 5) is 28.1. The minimum absolute atomic E-state index is 0.0744. The Morgan fingerprint density at radius 3 is 2.07 bits per heavy atom. The van der Waals surface area contributed by atoms with Crippen LogP contribution in [0.25, 0.3) is 0 Å². The van der Waals surface area contributed by atoms with E-state index in [4.69, 9.17) is 18.9 Å². The van der Waals surface area contributed by atoms with Crippen LogP contribution in [0.2, 0.25) is 0 Å². The Morgan fingerprint density at radius 1 is 0.833 bits per heavy atom. The van der Waals surface area contributed by atoms with E-state index in [1.807, 2.05) is 30.3 Å². The molecule has 0 aliphatic carbocycles. The van der Waals surface area contributed by atoms with Crippen molar-refractivity contribution in [3.63, 3.8) is 0 Å². The van der Waals surface area contributed by atoms with Crippen LogP contribution in [0.15, 0.2) is 71.6 Å². The van der Waals surface area contributed by atoms with Crippen LogP contribution < -0.4 is 28.6 Å². The lowest BCUT2D eigenvalue weighted by Gasteiger charge is -2.32. The maximum absolute atomic E-state index is 14.3. The fourth-order valence-electron chi connectivity index (χ4n) is 4.29. The van der Waals surface area contributed by atoms with E-state index < -0.39 is 28.5 Å². The standard InChI is InChI=1S/C30H37N3O8S/c1-7-31-30(35)21(2)32(19-22-11-9-8-10-12-22)29(34)20-33(25-17-23(38-3)13-15-26(25)39-4)42(36,37)24-14-16-27(40-5)28(18-24)41-6/h8-18,21H,7,19-20H2,1-6H3,(H,31,35)/t21-/m0/s1. The van der Waals surface area contributed by atoms with Crippen molar-refractivity contribution in [1.82, 2.24) is 10.2 Å². The number of nitrogens with one attached hydrogen (secondary N) is 1. The number of methoxy groups -OCH3 is 4. The van der Waals surface area contributed by atoms with E-state index in [1.165, 1.54) is 57.6 Å². The highest BCUT2D eigenvalue weighted by Gasteiger charge is 2.34. The predicted molar refractivity (Wildman–Crippen MR) is 159 cm³/mol. The monoisotopic (exact) mass is 599 g/mol. The van der Waals surface area contributed by atoms with E-state index in [0.717, 1.165) is 9.87 Å². The molecule has 12 heteroatoms. The smallest absolute Gasteiger partial charge is 0.265 e. The molecule has 0 saturated carbocycles. The lowest BCUT2D eigenvalue weighted by Crippen LogP contribution is -2.51. The normalized spacial score (nSPS) is 11.7. The Balaban J connectivity index is 2.16. The number of benzene rings is 3. The number of carbonyl (C=O) groups is 2. The van der Waals surface area contributed by atoms with E-state index >= 15 is 0 Å². The van der Waals surface area contributed by atoms with E-state index in [9.17, 15) is 18.0 Å². The summed E-state index contributed by atoms with van der Waals surface area (Å²) in [5, 5.41) is 2.74. The van der Waals surface area contributed by atoms with Gasteiger partial charge in [0.1, 0.15) is 24.1 Å². The number of ether oxygens (including phenoxy) is 4. The fourth-order valence-corrected chi connectivity index (χ4v) is 5.73. The summed E-state index contributed by atoms with van der Waals surface area (Å²) in [6.45, 7) is 3.19. The summed E-state index contributed by atoms with van der Waals surface area (Å²) >= 11 is 0. The zero-order valence-electron chi connectivity index (χ0n) is 24.6. The van der Waals surface area contributed by atoms with Crippen molar-refractivity contribution in [3.05, 3.63) is 72.3 Å². The van der Waals surface area contributed by atoms with E-state index in [1.54, 1.807) is 26.0 Å². The van der Waals surface area contributed by atoms with Gasteiger partial charge in [0.15, 0.2) is 11.5 Å². The highest BCUT2D eigenvalue weighted by Crippen LogP contribution is 2.37. The lowest BCUT2D eigenvalue weighted by molar-refractivity contribution is -0.139. The summed E-state index contributed by atoms with van der Waals surface area (Å²) < 4.78 is 50.9. The number of hydrogen-bond acceptors (Lipinski definition) is 8. The Labute approximate surface area is 247 Å². The van der Waals surface area contributed by atoms with Gasteiger partial charge in [-0.2, -0.15) is 0 Å². The molecular weight excluding hydrogens is 562 g/mol. The summed E-state index contributed by atoms with van der Waals surface area (Å²) in [6.07, 6.45) is 0. The molecule has 2 amide bonds. The summed E-state index contributed by atoms with van der Waals surface area (Å²) in [5.74, 6) is 0.101. The zero-order chi connectivity index (χ0) is 30.9. The van der Waals surface area contributed by atoms with Crippen molar-refractivity contribution in [1.29, 1.82) is 0 Å². The first-order valence-electron chi connectivity index (χ1n) is 13.2. The molecule has 1 N–H and O–H groups in total. The Bertz CT molecular complexity index is 1480.